The van der Waals surface area contributed by atoms with Crippen molar-refractivity contribution >= 4 is 34.0 Å². The van der Waals surface area contributed by atoms with Gasteiger partial charge in [0.15, 0.2) is 0 Å². The number of para-hydroxylation sites is 1. The molecular formula is C14H14N4S. The van der Waals surface area contributed by atoms with E-state index in [0.29, 0.717) is 11.8 Å². The number of benzene rings is 1. The van der Waals surface area contributed by atoms with Crippen LogP contribution in [-0.2, 0) is 6.42 Å². The molecule has 19 heavy (non-hydrogen) atoms. The van der Waals surface area contributed by atoms with Gasteiger partial charge in [0.1, 0.15) is 5.82 Å². The van der Waals surface area contributed by atoms with E-state index in [1.54, 1.807) is 11.3 Å². The fraction of sp³-hybridized carbons (Fsp3) is 0.143. The maximum Gasteiger partial charge on any atom is 0.225 e. The first-order valence-corrected chi connectivity index (χ1v) is 6.99. The van der Waals surface area contributed by atoms with Crippen LogP contribution in [0.25, 0.3) is 10.9 Å². The number of nitrogen functional groups attached to an aromatic ring is 1. The summed E-state index contributed by atoms with van der Waals surface area (Å²) < 4.78 is 0. The number of anilines is 2. The standard InChI is InChI=1S/C14H14N4S/c15-13-11-5-1-2-6-12(11)17-14(18-13)16-8-7-10-4-3-9-19-10/h1-6,9H,7-8H2,(H3,15,16,17,18). The predicted octanol–water partition coefficient (Wildman–Crippen LogP) is 2.93. The molecule has 4 nitrogen and oxygen atoms in total. The van der Waals surface area contributed by atoms with Crippen LogP contribution in [0.15, 0.2) is 41.8 Å². The normalized spacial score (nSPS) is 10.7. The predicted molar refractivity (Wildman–Crippen MR) is 80.5 cm³/mol. The number of fused-ring (bicyclic) bond motifs is 1. The van der Waals surface area contributed by atoms with E-state index < -0.39 is 0 Å². The van der Waals surface area contributed by atoms with E-state index in [4.69, 9.17) is 5.73 Å². The summed E-state index contributed by atoms with van der Waals surface area (Å²) in [5.41, 5.74) is 6.80. The SMILES string of the molecule is Nc1nc(NCCc2cccs2)nc2ccccc12. The Kier molecular flexibility index (Phi) is 3.29. The zero-order chi connectivity index (χ0) is 13.1. The minimum atomic E-state index is 0.518. The third kappa shape index (κ3) is 2.66. The summed E-state index contributed by atoms with van der Waals surface area (Å²) in [6.07, 6.45) is 0.966. The van der Waals surface area contributed by atoms with Gasteiger partial charge in [0.25, 0.3) is 0 Å². The van der Waals surface area contributed by atoms with Crippen molar-refractivity contribution < 1.29 is 0 Å². The maximum absolute atomic E-state index is 5.93. The Hall–Kier alpha value is -2.14. The largest absolute Gasteiger partial charge is 0.383 e. The Balaban J connectivity index is 1.74. The van der Waals surface area contributed by atoms with E-state index in [9.17, 15) is 0 Å². The zero-order valence-electron chi connectivity index (χ0n) is 10.3. The Morgan fingerprint density at radius 3 is 2.84 bits per heavy atom. The average molecular weight is 270 g/mol. The molecule has 5 heteroatoms. The third-order valence-corrected chi connectivity index (χ3v) is 3.80. The topological polar surface area (TPSA) is 63.8 Å². The summed E-state index contributed by atoms with van der Waals surface area (Å²) in [4.78, 5) is 10.1. The van der Waals surface area contributed by atoms with Crippen molar-refractivity contribution in [3.63, 3.8) is 0 Å². The molecule has 0 amide bonds. The third-order valence-electron chi connectivity index (χ3n) is 2.87. The number of nitrogens with zero attached hydrogens (tertiary/aromatic N) is 2. The van der Waals surface area contributed by atoms with Crippen LogP contribution in [0, 0.1) is 0 Å². The second-order valence-corrected chi connectivity index (χ2v) is 5.24. The second-order valence-electron chi connectivity index (χ2n) is 4.21. The average Bonchev–Trinajstić information content (AvgIpc) is 2.92. The van der Waals surface area contributed by atoms with Gasteiger partial charge in [0.05, 0.1) is 5.52 Å². The molecule has 0 spiro atoms. The Bertz CT molecular complexity index is 679. The minimum absolute atomic E-state index is 0.518. The van der Waals surface area contributed by atoms with Crippen LogP contribution in [0.2, 0.25) is 0 Å². The van der Waals surface area contributed by atoms with Crippen LogP contribution in [0.4, 0.5) is 11.8 Å². The number of thiophene rings is 1. The fourth-order valence-electron chi connectivity index (χ4n) is 1.93. The summed E-state index contributed by atoms with van der Waals surface area (Å²) >= 11 is 1.76. The molecular weight excluding hydrogens is 256 g/mol. The van der Waals surface area contributed by atoms with Crippen molar-refractivity contribution in [1.82, 2.24) is 9.97 Å². The zero-order valence-corrected chi connectivity index (χ0v) is 11.2. The summed E-state index contributed by atoms with van der Waals surface area (Å²) in [5.74, 6) is 1.11. The van der Waals surface area contributed by atoms with E-state index >= 15 is 0 Å². The molecule has 0 aliphatic heterocycles. The van der Waals surface area contributed by atoms with Gasteiger partial charge in [-0.25, -0.2) is 4.98 Å². The van der Waals surface area contributed by atoms with Crippen molar-refractivity contribution in [1.29, 1.82) is 0 Å². The molecule has 0 unspecified atom stereocenters. The van der Waals surface area contributed by atoms with Crippen LogP contribution < -0.4 is 11.1 Å². The quantitative estimate of drug-likeness (QED) is 0.765. The lowest BCUT2D eigenvalue weighted by Crippen LogP contribution is -2.08. The minimum Gasteiger partial charge on any atom is -0.383 e. The van der Waals surface area contributed by atoms with Crippen LogP contribution in [0.3, 0.4) is 0 Å². The lowest BCUT2D eigenvalue weighted by molar-refractivity contribution is 1.01. The maximum atomic E-state index is 5.93. The van der Waals surface area contributed by atoms with E-state index in [1.165, 1.54) is 4.88 Å². The molecule has 0 aliphatic carbocycles. The molecule has 2 aromatic heterocycles. The molecule has 3 rings (SSSR count). The first-order chi connectivity index (χ1) is 9.33. The van der Waals surface area contributed by atoms with Crippen LogP contribution in [0.5, 0.6) is 0 Å². The molecule has 0 radical (unpaired) electrons. The van der Waals surface area contributed by atoms with Crippen molar-refractivity contribution in [2.75, 3.05) is 17.6 Å². The second kappa shape index (κ2) is 5.24. The van der Waals surface area contributed by atoms with Gasteiger partial charge in [0, 0.05) is 16.8 Å². The number of hydrogen-bond donors (Lipinski definition) is 2. The first-order valence-electron chi connectivity index (χ1n) is 6.11. The highest BCUT2D eigenvalue weighted by Crippen LogP contribution is 2.18. The summed E-state index contributed by atoms with van der Waals surface area (Å²) in [6, 6.07) is 11.9. The fourth-order valence-corrected chi connectivity index (χ4v) is 2.64. The molecule has 0 fully saturated rings. The molecule has 0 saturated heterocycles. The smallest absolute Gasteiger partial charge is 0.225 e. The lowest BCUT2D eigenvalue weighted by Gasteiger charge is -2.07. The van der Waals surface area contributed by atoms with Crippen LogP contribution >= 0.6 is 11.3 Å². The van der Waals surface area contributed by atoms with Crippen molar-refractivity contribution in [2.45, 2.75) is 6.42 Å². The van der Waals surface area contributed by atoms with E-state index in [0.717, 1.165) is 23.9 Å². The molecule has 0 saturated carbocycles. The first kappa shape index (κ1) is 11.9. The monoisotopic (exact) mass is 270 g/mol. The van der Waals surface area contributed by atoms with Gasteiger partial charge < -0.3 is 11.1 Å². The molecule has 3 N–H and O–H groups in total. The van der Waals surface area contributed by atoms with Gasteiger partial charge in [-0.3, -0.25) is 0 Å². The molecule has 96 valence electrons. The number of nitrogens with two attached hydrogens (primary N) is 1. The number of rotatable bonds is 4. The number of hydrogen-bond acceptors (Lipinski definition) is 5. The molecule has 0 atom stereocenters. The summed E-state index contributed by atoms with van der Waals surface area (Å²) in [7, 11) is 0. The molecule has 1 aromatic carbocycles. The molecule has 2 heterocycles. The lowest BCUT2D eigenvalue weighted by atomic mass is 10.2. The van der Waals surface area contributed by atoms with Gasteiger partial charge >= 0.3 is 0 Å². The van der Waals surface area contributed by atoms with Gasteiger partial charge in [-0.15, -0.1) is 11.3 Å². The number of nitrogens with one attached hydrogen (secondary N) is 1. The van der Waals surface area contributed by atoms with Gasteiger partial charge in [-0.1, -0.05) is 18.2 Å². The highest BCUT2D eigenvalue weighted by Gasteiger charge is 2.04. The van der Waals surface area contributed by atoms with Crippen molar-refractivity contribution in [3.8, 4) is 0 Å². The Morgan fingerprint density at radius 1 is 1.11 bits per heavy atom. The van der Waals surface area contributed by atoms with Gasteiger partial charge in [-0.2, -0.15) is 4.98 Å². The molecule has 0 aliphatic rings. The summed E-state index contributed by atoms with van der Waals surface area (Å²) in [6.45, 7) is 0.804. The van der Waals surface area contributed by atoms with E-state index in [2.05, 4.69) is 32.8 Å². The van der Waals surface area contributed by atoms with Crippen molar-refractivity contribution in [2.24, 2.45) is 0 Å². The van der Waals surface area contributed by atoms with Crippen molar-refractivity contribution in [3.05, 3.63) is 46.7 Å². The summed E-state index contributed by atoms with van der Waals surface area (Å²) in [5, 5.41) is 6.20. The number of aromatic nitrogens is 2. The molecule has 0 bridgehead atoms. The Morgan fingerprint density at radius 2 is 2.00 bits per heavy atom. The van der Waals surface area contributed by atoms with Crippen LogP contribution in [0.1, 0.15) is 4.88 Å². The van der Waals surface area contributed by atoms with Gasteiger partial charge in [-0.05, 0) is 30.0 Å². The molecule has 3 aromatic rings. The Labute approximate surface area is 115 Å². The van der Waals surface area contributed by atoms with Crippen LogP contribution in [-0.4, -0.2) is 16.5 Å². The highest BCUT2D eigenvalue weighted by molar-refractivity contribution is 7.09. The van der Waals surface area contributed by atoms with Gasteiger partial charge in [0.2, 0.25) is 5.95 Å². The van der Waals surface area contributed by atoms with E-state index in [-0.39, 0.29) is 0 Å². The highest BCUT2D eigenvalue weighted by atomic mass is 32.1. The van der Waals surface area contributed by atoms with E-state index in [1.807, 2.05) is 24.3 Å².